The van der Waals surface area contributed by atoms with Crippen LogP contribution in [-0.4, -0.2) is 26.1 Å². The average molecular weight is 511 g/mol. The van der Waals surface area contributed by atoms with Gasteiger partial charge in [-0.25, -0.2) is 0 Å². The van der Waals surface area contributed by atoms with Gasteiger partial charge in [-0.05, 0) is 97.1 Å². The number of nitrogens with one attached hydrogen (secondary N) is 1. The maximum atomic E-state index is 11.8. The molecule has 0 radical (unpaired) electrons. The minimum atomic E-state index is -4.31. The molecule has 0 saturated heterocycles. The fraction of sp³-hybridized carbons (Fsp3) is 0.233. The monoisotopic (exact) mass is 510 g/mol. The zero-order valence-electron chi connectivity index (χ0n) is 20.5. The van der Waals surface area contributed by atoms with Crippen LogP contribution in [0.1, 0.15) is 29.5 Å². The van der Waals surface area contributed by atoms with Crippen LogP contribution < -0.4 is 10.3 Å². The van der Waals surface area contributed by atoms with Crippen molar-refractivity contribution in [3.8, 4) is 11.1 Å². The van der Waals surface area contributed by atoms with Crippen LogP contribution in [0.4, 0.5) is 5.69 Å². The Morgan fingerprint density at radius 3 is 2.46 bits per heavy atom. The van der Waals surface area contributed by atoms with Gasteiger partial charge < -0.3 is 14.7 Å². The Labute approximate surface area is 214 Å². The molecule has 37 heavy (non-hydrogen) atoms. The van der Waals surface area contributed by atoms with Crippen molar-refractivity contribution in [2.24, 2.45) is 0 Å². The van der Waals surface area contributed by atoms with Crippen LogP contribution >= 0.6 is 0 Å². The molecule has 7 rings (SSSR count). The zero-order chi connectivity index (χ0) is 25.5. The van der Waals surface area contributed by atoms with Gasteiger partial charge in [0.15, 0.2) is 0 Å². The van der Waals surface area contributed by atoms with Crippen molar-refractivity contribution in [3.63, 3.8) is 0 Å². The first-order valence-electron chi connectivity index (χ1n) is 12.7. The summed E-state index contributed by atoms with van der Waals surface area (Å²) in [5.74, 6) is 0. The molecule has 3 heterocycles. The predicted molar refractivity (Wildman–Crippen MR) is 146 cm³/mol. The normalized spacial score (nSPS) is 15.5. The van der Waals surface area contributed by atoms with Crippen LogP contribution in [0.25, 0.3) is 43.8 Å². The molecule has 0 spiro atoms. The summed E-state index contributed by atoms with van der Waals surface area (Å²) in [4.78, 5) is 2.39. The molecule has 0 amide bonds. The SMILES string of the molecule is Cc1cc(S(=O)(=O)O)ccc1-c1c2cc3c4c(c2oc2c1ccc1cc(=N)ccc12)CCCN4CCC3. The van der Waals surface area contributed by atoms with Gasteiger partial charge in [-0.2, -0.15) is 8.42 Å². The molecule has 2 N–H and O–H groups in total. The number of hydrogen-bond acceptors (Lipinski definition) is 5. The van der Waals surface area contributed by atoms with E-state index in [0.717, 1.165) is 88.2 Å². The van der Waals surface area contributed by atoms with Crippen molar-refractivity contribution in [1.29, 1.82) is 5.41 Å². The van der Waals surface area contributed by atoms with Gasteiger partial charge in [0.25, 0.3) is 10.1 Å². The van der Waals surface area contributed by atoms with Crippen LogP contribution in [0.15, 0.2) is 63.9 Å². The third kappa shape index (κ3) is 3.41. The van der Waals surface area contributed by atoms with E-state index in [1.165, 1.54) is 28.9 Å². The Bertz CT molecular complexity index is 1960. The van der Waals surface area contributed by atoms with E-state index in [-0.39, 0.29) is 4.90 Å². The Kier molecular flexibility index (Phi) is 4.81. The number of fused-ring (bicyclic) bond motifs is 5. The van der Waals surface area contributed by atoms with Crippen LogP contribution in [0.5, 0.6) is 0 Å². The van der Waals surface area contributed by atoms with Crippen molar-refractivity contribution in [2.45, 2.75) is 37.5 Å². The number of rotatable bonds is 2. The summed E-state index contributed by atoms with van der Waals surface area (Å²) >= 11 is 0. The Morgan fingerprint density at radius 1 is 0.892 bits per heavy atom. The maximum absolute atomic E-state index is 11.8. The lowest BCUT2D eigenvalue weighted by Crippen LogP contribution is -2.34. The van der Waals surface area contributed by atoms with E-state index in [4.69, 9.17) is 9.83 Å². The summed E-state index contributed by atoms with van der Waals surface area (Å²) < 4.78 is 40.1. The fourth-order valence-corrected chi connectivity index (χ4v) is 6.92. The lowest BCUT2D eigenvalue weighted by molar-refractivity contribution is 0.483. The molecule has 0 bridgehead atoms. The summed E-state index contributed by atoms with van der Waals surface area (Å²) in [5, 5.41) is 12.4. The number of hydrogen-bond donors (Lipinski definition) is 2. The molecule has 2 aliphatic heterocycles. The predicted octanol–water partition coefficient (Wildman–Crippen LogP) is 6.14. The molecule has 0 fully saturated rings. The van der Waals surface area contributed by atoms with E-state index in [0.29, 0.717) is 5.36 Å². The van der Waals surface area contributed by atoms with Crippen molar-refractivity contribution >= 4 is 48.5 Å². The second-order valence-electron chi connectivity index (χ2n) is 10.2. The van der Waals surface area contributed by atoms with Crippen molar-refractivity contribution in [1.82, 2.24) is 0 Å². The lowest BCUT2D eigenvalue weighted by atomic mass is 9.86. The molecule has 4 aromatic carbocycles. The first-order chi connectivity index (χ1) is 17.8. The number of nitrogens with zero attached hydrogens (tertiary/aromatic N) is 1. The van der Waals surface area contributed by atoms with E-state index in [2.05, 4.69) is 11.0 Å². The van der Waals surface area contributed by atoms with Crippen LogP contribution in [0, 0.1) is 12.3 Å². The molecule has 0 saturated carbocycles. The molecule has 0 atom stereocenters. The standard InChI is InChI=1S/C30H26N2O4S/c1-17-14-21(37(33,34)35)8-11-22(17)27-24-9-6-18-15-20(31)7-10-23(18)29(24)36-30-25-5-3-13-32-12-2-4-19(28(25)32)16-26(27)30/h6-11,14-16,31H,2-5,12-13H2,1H3,(H,33,34,35). The van der Waals surface area contributed by atoms with Gasteiger partial charge in [0, 0.05) is 46.1 Å². The second-order valence-corrected chi connectivity index (χ2v) is 11.7. The van der Waals surface area contributed by atoms with Crippen LogP contribution in [0.3, 0.4) is 0 Å². The fourth-order valence-electron chi connectivity index (χ4n) is 6.36. The molecule has 7 heteroatoms. The van der Waals surface area contributed by atoms with E-state index in [9.17, 15) is 13.0 Å². The summed E-state index contributed by atoms with van der Waals surface area (Å²) in [5.41, 5.74) is 8.25. The number of benzene rings is 4. The third-order valence-corrected chi connectivity index (χ3v) is 8.80. The quantitative estimate of drug-likeness (QED) is 0.169. The molecule has 5 aromatic rings. The van der Waals surface area contributed by atoms with Gasteiger partial charge in [0.2, 0.25) is 0 Å². The van der Waals surface area contributed by atoms with E-state index >= 15 is 0 Å². The number of anilines is 1. The smallest absolute Gasteiger partial charge is 0.294 e. The van der Waals surface area contributed by atoms with Gasteiger partial charge in [0.05, 0.1) is 10.3 Å². The van der Waals surface area contributed by atoms with E-state index in [1.54, 1.807) is 12.1 Å². The third-order valence-electron chi connectivity index (χ3n) is 7.95. The van der Waals surface area contributed by atoms with Crippen LogP contribution in [-0.2, 0) is 23.0 Å². The van der Waals surface area contributed by atoms with Crippen LogP contribution in [0.2, 0.25) is 0 Å². The molecular formula is C30H26N2O4S. The molecular weight excluding hydrogens is 484 g/mol. The Morgan fingerprint density at radius 2 is 1.68 bits per heavy atom. The Balaban J connectivity index is 1.67. The molecule has 1 aromatic heterocycles. The van der Waals surface area contributed by atoms with E-state index < -0.39 is 10.1 Å². The lowest BCUT2D eigenvalue weighted by Gasteiger charge is -2.37. The highest BCUT2D eigenvalue weighted by atomic mass is 32.2. The topological polar surface area (TPSA) is 94.6 Å². The molecule has 2 aliphatic rings. The average Bonchev–Trinajstić information content (AvgIpc) is 2.87. The highest BCUT2D eigenvalue weighted by Gasteiger charge is 2.29. The first-order valence-corrected chi connectivity index (χ1v) is 14.1. The minimum Gasteiger partial charge on any atom is -0.455 e. The first kappa shape index (κ1) is 22.5. The van der Waals surface area contributed by atoms with Crippen molar-refractivity contribution in [3.05, 3.63) is 76.6 Å². The van der Waals surface area contributed by atoms with E-state index in [1.807, 2.05) is 31.2 Å². The molecule has 186 valence electrons. The van der Waals surface area contributed by atoms with Gasteiger partial charge in [0.1, 0.15) is 11.2 Å². The molecule has 6 nitrogen and oxygen atoms in total. The largest absolute Gasteiger partial charge is 0.455 e. The zero-order valence-corrected chi connectivity index (χ0v) is 21.3. The maximum Gasteiger partial charge on any atom is 0.294 e. The second kappa shape index (κ2) is 7.91. The Hall–Kier alpha value is -3.68. The van der Waals surface area contributed by atoms with Crippen molar-refractivity contribution in [2.75, 3.05) is 18.0 Å². The molecule has 0 aliphatic carbocycles. The van der Waals surface area contributed by atoms with Gasteiger partial charge >= 0.3 is 0 Å². The minimum absolute atomic E-state index is 0.112. The van der Waals surface area contributed by atoms with Crippen molar-refractivity contribution < 1.29 is 17.4 Å². The summed E-state index contributed by atoms with van der Waals surface area (Å²) in [6, 6.07) is 16.7. The number of aryl methyl sites for hydroxylation is 3. The van der Waals surface area contributed by atoms with Gasteiger partial charge in [-0.3, -0.25) is 4.55 Å². The molecule has 0 unspecified atom stereocenters. The highest BCUT2D eigenvalue weighted by Crippen LogP contribution is 2.46. The van der Waals surface area contributed by atoms with Gasteiger partial charge in [-0.1, -0.05) is 12.1 Å². The summed E-state index contributed by atoms with van der Waals surface area (Å²) in [6.07, 6.45) is 4.18. The highest BCUT2D eigenvalue weighted by molar-refractivity contribution is 7.85. The summed E-state index contributed by atoms with van der Waals surface area (Å²) in [7, 11) is -4.31. The summed E-state index contributed by atoms with van der Waals surface area (Å²) in [6.45, 7) is 4.01. The van der Waals surface area contributed by atoms with Gasteiger partial charge in [-0.15, -0.1) is 0 Å².